The molecule has 5 heteroatoms. The lowest BCUT2D eigenvalue weighted by atomic mass is 9.93. The maximum absolute atomic E-state index is 14.0. The summed E-state index contributed by atoms with van der Waals surface area (Å²) in [6.45, 7) is 1.91. The van der Waals surface area contributed by atoms with Crippen LogP contribution in [0.4, 0.5) is 4.39 Å². The number of hydrogen-bond donors (Lipinski definition) is 1. The molecule has 0 unspecified atom stereocenters. The second-order valence-electron chi connectivity index (χ2n) is 6.69. The fourth-order valence-corrected chi connectivity index (χ4v) is 3.30. The van der Waals surface area contributed by atoms with Gasteiger partial charge in [0.25, 0.3) is 5.56 Å². The minimum atomic E-state index is -0.513. The third kappa shape index (κ3) is 3.62. The molecule has 2 heterocycles. The van der Waals surface area contributed by atoms with Crippen molar-refractivity contribution in [1.29, 1.82) is 0 Å². The molecular formula is C24H17FN2O2. The fraction of sp³-hybridized carbons (Fsp3) is 0.0417. The number of nitrogens with one attached hydrogen (secondary N) is 1. The van der Waals surface area contributed by atoms with Crippen LogP contribution in [0.3, 0.4) is 0 Å². The van der Waals surface area contributed by atoms with E-state index >= 15 is 0 Å². The van der Waals surface area contributed by atoms with Gasteiger partial charge in [0.2, 0.25) is 0 Å². The summed E-state index contributed by atoms with van der Waals surface area (Å²) in [7, 11) is 0. The quantitative estimate of drug-likeness (QED) is 0.401. The molecule has 142 valence electrons. The highest BCUT2D eigenvalue weighted by Crippen LogP contribution is 2.30. The molecule has 4 aromatic rings. The number of rotatable bonds is 4. The van der Waals surface area contributed by atoms with Gasteiger partial charge in [0.05, 0.1) is 5.56 Å². The number of fused-ring (bicyclic) bond motifs is 1. The van der Waals surface area contributed by atoms with Crippen LogP contribution in [0.5, 0.6) is 0 Å². The lowest BCUT2D eigenvalue weighted by molar-refractivity contribution is 0.104. The van der Waals surface area contributed by atoms with E-state index in [0.717, 1.165) is 11.1 Å². The first kappa shape index (κ1) is 18.5. The van der Waals surface area contributed by atoms with E-state index < -0.39 is 17.2 Å². The highest BCUT2D eigenvalue weighted by atomic mass is 19.1. The molecule has 4 rings (SSSR count). The van der Waals surface area contributed by atoms with Crippen LogP contribution >= 0.6 is 0 Å². The summed E-state index contributed by atoms with van der Waals surface area (Å²) in [4.78, 5) is 32.6. The van der Waals surface area contributed by atoms with E-state index in [2.05, 4.69) is 9.97 Å². The van der Waals surface area contributed by atoms with E-state index in [0.29, 0.717) is 22.0 Å². The summed E-state index contributed by atoms with van der Waals surface area (Å²) in [5.74, 6) is -0.902. The van der Waals surface area contributed by atoms with Crippen LogP contribution in [-0.2, 0) is 0 Å². The van der Waals surface area contributed by atoms with Crippen molar-refractivity contribution in [1.82, 2.24) is 9.97 Å². The smallest absolute Gasteiger partial charge is 0.260 e. The van der Waals surface area contributed by atoms with Crippen molar-refractivity contribution in [2.45, 2.75) is 6.92 Å². The van der Waals surface area contributed by atoms with Crippen LogP contribution in [-0.4, -0.2) is 15.8 Å². The van der Waals surface area contributed by atoms with Crippen molar-refractivity contribution in [3.63, 3.8) is 0 Å². The summed E-state index contributed by atoms with van der Waals surface area (Å²) >= 11 is 0. The molecule has 0 fully saturated rings. The number of aromatic amines is 1. The molecule has 2 aromatic heterocycles. The van der Waals surface area contributed by atoms with Crippen LogP contribution < -0.4 is 5.56 Å². The molecule has 0 aliphatic carbocycles. The van der Waals surface area contributed by atoms with E-state index in [-0.39, 0.29) is 5.56 Å². The van der Waals surface area contributed by atoms with Gasteiger partial charge in [0.15, 0.2) is 5.78 Å². The SMILES string of the molecule is Cc1ccncc1/C=C/C(=O)c1c(-c2ccccc2)c2cc(F)ccc2[nH]c1=O. The molecule has 0 spiro atoms. The molecule has 29 heavy (non-hydrogen) atoms. The maximum atomic E-state index is 14.0. The predicted molar refractivity (Wildman–Crippen MR) is 112 cm³/mol. The Hall–Kier alpha value is -3.86. The summed E-state index contributed by atoms with van der Waals surface area (Å²) in [6.07, 6.45) is 6.31. The number of pyridine rings is 2. The molecule has 0 atom stereocenters. The fourth-order valence-electron chi connectivity index (χ4n) is 3.30. The minimum Gasteiger partial charge on any atom is -0.321 e. The van der Waals surface area contributed by atoms with Gasteiger partial charge in [-0.25, -0.2) is 4.39 Å². The first-order chi connectivity index (χ1) is 14.0. The average molecular weight is 384 g/mol. The zero-order valence-corrected chi connectivity index (χ0v) is 15.6. The summed E-state index contributed by atoms with van der Waals surface area (Å²) in [5.41, 5.74) is 2.77. The minimum absolute atomic E-state index is 0.0212. The molecule has 2 aromatic carbocycles. The molecular weight excluding hydrogens is 367 g/mol. The van der Waals surface area contributed by atoms with Crippen LogP contribution in [0.1, 0.15) is 21.5 Å². The molecule has 1 N–H and O–H groups in total. The van der Waals surface area contributed by atoms with Gasteiger partial charge in [0.1, 0.15) is 5.82 Å². The Morgan fingerprint density at radius 1 is 1.10 bits per heavy atom. The van der Waals surface area contributed by atoms with Gasteiger partial charge in [-0.15, -0.1) is 0 Å². The van der Waals surface area contributed by atoms with Gasteiger partial charge in [-0.05, 0) is 60.0 Å². The zero-order valence-electron chi connectivity index (χ0n) is 15.6. The Balaban J connectivity index is 1.94. The van der Waals surface area contributed by atoms with Crippen molar-refractivity contribution < 1.29 is 9.18 Å². The Morgan fingerprint density at radius 2 is 1.90 bits per heavy atom. The number of aromatic nitrogens is 2. The second kappa shape index (κ2) is 7.64. The number of carbonyl (C=O) groups is 1. The summed E-state index contributed by atoms with van der Waals surface area (Å²) < 4.78 is 14.0. The Bertz CT molecular complexity index is 1310. The zero-order chi connectivity index (χ0) is 20.4. The van der Waals surface area contributed by atoms with Crippen molar-refractivity contribution in [3.8, 4) is 11.1 Å². The van der Waals surface area contributed by atoms with Gasteiger partial charge in [-0.3, -0.25) is 14.6 Å². The van der Waals surface area contributed by atoms with Crippen LogP contribution in [0.2, 0.25) is 0 Å². The van der Waals surface area contributed by atoms with E-state index in [1.807, 2.05) is 31.2 Å². The highest BCUT2D eigenvalue weighted by Gasteiger charge is 2.19. The molecule has 0 aliphatic heterocycles. The third-order valence-electron chi connectivity index (χ3n) is 4.78. The lowest BCUT2D eigenvalue weighted by Gasteiger charge is -2.11. The molecule has 4 nitrogen and oxygen atoms in total. The molecule has 0 amide bonds. The highest BCUT2D eigenvalue weighted by molar-refractivity contribution is 6.15. The van der Waals surface area contributed by atoms with Crippen molar-refractivity contribution >= 4 is 22.8 Å². The monoisotopic (exact) mass is 384 g/mol. The summed E-state index contributed by atoms with van der Waals surface area (Å²) in [5, 5.41) is 0.477. The van der Waals surface area contributed by atoms with E-state index in [1.165, 1.54) is 24.3 Å². The van der Waals surface area contributed by atoms with E-state index in [9.17, 15) is 14.0 Å². The topological polar surface area (TPSA) is 62.8 Å². The number of halogens is 1. The second-order valence-corrected chi connectivity index (χ2v) is 6.69. The van der Waals surface area contributed by atoms with Crippen LogP contribution in [0.15, 0.2) is 77.9 Å². The molecule has 0 saturated heterocycles. The number of ketones is 1. The maximum Gasteiger partial charge on any atom is 0.260 e. The Labute approximate surface area is 166 Å². The average Bonchev–Trinajstić information content (AvgIpc) is 2.73. The Kier molecular flexibility index (Phi) is 4.87. The van der Waals surface area contributed by atoms with Crippen molar-refractivity contribution in [2.75, 3.05) is 0 Å². The van der Waals surface area contributed by atoms with Crippen LogP contribution in [0.25, 0.3) is 28.1 Å². The lowest BCUT2D eigenvalue weighted by Crippen LogP contribution is -2.18. The largest absolute Gasteiger partial charge is 0.321 e. The van der Waals surface area contributed by atoms with Gasteiger partial charge in [-0.1, -0.05) is 30.3 Å². The van der Waals surface area contributed by atoms with Crippen LogP contribution in [0, 0.1) is 12.7 Å². The molecule has 0 saturated carbocycles. The number of carbonyl (C=O) groups excluding carboxylic acids is 1. The number of aryl methyl sites for hydroxylation is 1. The molecule has 0 aliphatic rings. The predicted octanol–water partition coefficient (Wildman–Crippen LogP) is 4.93. The normalized spacial score (nSPS) is 11.2. The van der Waals surface area contributed by atoms with Crippen molar-refractivity contribution in [3.05, 3.63) is 106 Å². The van der Waals surface area contributed by atoms with Crippen molar-refractivity contribution in [2.24, 2.45) is 0 Å². The first-order valence-corrected chi connectivity index (χ1v) is 9.08. The standard InChI is InChI=1S/C24H17FN2O2/c1-15-11-12-26-14-17(15)7-10-21(28)23-22(16-5-3-2-4-6-16)19-13-18(25)8-9-20(19)27-24(23)29/h2-14H,1H3,(H,27,29)/b10-7+. The number of benzene rings is 2. The van der Waals surface area contributed by atoms with E-state index in [1.54, 1.807) is 30.6 Å². The van der Waals surface area contributed by atoms with Gasteiger partial charge in [0, 0.05) is 28.9 Å². The number of nitrogens with zero attached hydrogens (tertiary/aromatic N) is 1. The first-order valence-electron chi connectivity index (χ1n) is 9.08. The van der Waals surface area contributed by atoms with Gasteiger partial charge >= 0.3 is 0 Å². The third-order valence-corrected chi connectivity index (χ3v) is 4.78. The Morgan fingerprint density at radius 3 is 2.66 bits per heavy atom. The van der Waals surface area contributed by atoms with E-state index in [4.69, 9.17) is 0 Å². The number of allylic oxidation sites excluding steroid dienone is 1. The number of hydrogen-bond acceptors (Lipinski definition) is 3. The molecule has 0 radical (unpaired) electrons. The summed E-state index contributed by atoms with van der Waals surface area (Å²) in [6, 6.07) is 15.0. The molecule has 0 bridgehead atoms. The van der Waals surface area contributed by atoms with Gasteiger partial charge < -0.3 is 4.98 Å². The van der Waals surface area contributed by atoms with Gasteiger partial charge in [-0.2, -0.15) is 0 Å². The number of H-pyrrole nitrogens is 1.